The molecule has 0 spiro atoms. The molecule has 0 radical (unpaired) electrons. The van der Waals surface area contributed by atoms with Gasteiger partial charge in [0, 0.05) is 12.1 Å². The number of aliphatic carboxylic acids is 1. The Morgan fingerprint density at radius 3 is 2.18 bits per heavy atom. The van der Waals surface area contributed by atoms with Gasteiger partial charge in [-0.25, -0.2) is 4.79 Å². The van der Waals surface area contributed by atoms with Gasteiger partial charge >= 0.3 is 5.97 Å². The zero-order chi connectivity index (χ0) is 25.2. The van der Waals surface area contributed by atoms with E-state index in [1.807, 2.05) is 0 Å². The van der Waals surface area contributed by atoms with Gasteiger partial charge in [-0.15, -0.1) is 0 Å². The average Bonchev–Trinajstić information content (AvgIpc) is 2.77. The molecule has 0 amide bonds. The van der Waals surface area contributed by atoms with Crippen molar-refractivity contribution in [2.45, 2.75) is 30.7 Å². The van der Waals surface area contributed by atoms with Crippen molar-refractivity contribution in [2.75, 3.05) is 7.11 Å². The molecular weight excluding hydrogens is 456 g/mol. The van der Waals surface area contributed by atoms with E-state index in [0.29, 0.717) is 5.56 Å². The minimum Gasteiger partial charge on any atom is -0.508 e. The summed E-state index contributed by atoms with van der Waals surface area (Å²) in [6.45, 7) is 0. The number of ether oxygens (including phenoxy) is 3. The lowest BCUT2D eigenvalue weighted by atomic mass is 9.99. The van der Waals surface area contributed by atoms with Crippen LogP contribution >= 0.6 is 0 Å². The third-order valence-electron chi connectivity index (χ3n) is 5.00. The normalized spacial score (nSPS) is 24.6. The SMILES string of the molecule is COc1ccc(C=CC(=O)c2c(O)cc(O)cc2O)cc1OC1OC(C(=O)O)C(O)C(O)C1O. The van der Waals surface area contributed by atoms with Gasteiger partial charge in [0.1, 0.15) is 41.1 Å². The van der Waals surface area contributed by atoms with Crippen LogP contribution in [-0.4, -0.2) is 85.3 Å². The van der Waals surface area contributed by atoms with E-state index in [2.05, 4.69) is 0 Å². The molecule has 1 aliphatic heterocycles. The van der Waals surface area contributed by atoms with Gasteiger partial charge < -0.3 is 50.0 Å². The third kappa shape index (κ3) is 5.05. The van der Waals surface area contributed by atoms with Crippen LogP contribution in [0, 0.1) is 0 Å². The molecule has 1 saturated heterocycles. The number of carboxylic acid groups (broad SMARTS) is 1. The summed E-state index contributed by atoms with van der Waals surface area (Å²) in [5.41, 5.74) is -0.0763. The van der Waals surface area contributed by atoms with Crippen LogP contribution in [0.25, 0.3) is 6.08 Å². The number of ketones is 1. The van der Waals surface area contributed by atoms with Crippen molar-refractivity contribution in [1.29, 1.82) is 0 Å². The van der Waals surface area contributed by atoms with Gasteiger partial charge in [-0.3, -0.25) is 4.79 Å². The molecule has 0 saturated carbocycles. The quantitative estimate of drug-likeness (QED) is 0.207. The number of methoxy groups -OCH3 is 1. The minimum absolute atomic E-state index is 0.0517. The average molecular weight is 478 g/mol. The van der Waals surface area contributed by atoms with Crippen LogP contribution in [0.15, 0.2) is 36.4 Å². The van der Waals surface area contributed by atoms with Crippen molar-refractivity contribution in [3.8, 4) is 28.7 Å². The van der Waals surface area contributed by atoms with Gasteiger partial charge in [0.2, 0.25) is 6.29 Å². The van der Waals surface area contributed by atoms with Gasteiger partial charge in [0.05, 0.1) is 7.11 Å². The first-order valence-corrected chi connectivity index (χ1v) is 9.78. The van der Waals surface area contributed by atoms with E-state index in [1.165, 1.54) is 31.4 Å². The topological polar surface area (TPSA) is 203 Å². The number of aliphatic hydroxyl groups excluding tert-OH is 3. The Labute approximate surface area is 192 Å². The van der Waals surface area contributed by atoms with Crippen molar-refractivity contribution >= 4 is 17.8 Å². The molecule has 5 atom stereocenters. The first kappa shape index (κ1) is 24.8. The number of phenols is 3. The Kier molecular flexibility index (Phi) is 7.27. The summed E-state index contributed by atoms with van der Waals surface area (Å²) >= 11 is 0. The smallest absolute Gasteiger partial charge is 0.335 e. The monoisotopic (exact) mass is 478 g/mol. The standard InChI is InChI=1S/C22H22O12/c1-32-14-5-3-9(2-4-11(24)16-12(25)7-10(23)8-13(16)26)6-15(14)33-22-19(29)17(27)18(28)20(34-22)21(30)31/h2-8,17-20,22-23,25-29H,1H3,(H,30,31). The van der Waals surface area contributed by atoms with Crippen molar-refractivity contribution in [1.82, 2.24) is 0 Å². The van der Waals surface area contributed by atoms with E-state index in [1.54, 1.807) is 0 Å². The van der Waals surface area contributed by atoms with E-state index in [0.717, 1.165) is 18.2 Å². The summed E-state index contributed by atoms with van der Waals surface area (Å²) in [5, 5.41) is 68.1. The second-order valence-electron chi connectivity index (χ2n) is 7.32. The van der Waals surface area contributed by atoms with E-state index >= 15 is 0 Å². The maximum absolute atomic E-state index is 12.4. The van der Waals surface area contributed by atoms with Crippen LogP contribution in [0.2, 0.25) is 0 Å². The molecule has 3 rings (SSSR count). The number of phenolic OH excluding ortho intramolecular Hbond substituents is 3. The summed E-state index contributed by atoms with van der Waals surface area (Å²) in [6.07, 6.45) is -6.75. The predicted molar refractivity (Wildman–Crippen MR) is 113 cm³/mol. The lowest BCUT2D eigenvalue weighted by Gasteiger charge is -2.38. The second kappa shape index (κ2) is 9.97. The highest BCUT2D eigenvalue weighted by atomic mass is 16.7. The maximum atomic E-state index is 12.4. The van der Waals surface area contributed by atoms with Crippen LogP contribution in [-0.2, 0) is 9.53 Å². The molecule has 0 aliphatic carbocycles. The fourth-order valence-electron chi connectivity index (χ4n) is 3.27. The molecule has 12 nitrogen and oxygen atoms in total. The number of hydrogen-bond donors (Lipinski definition) is 7. The van der Waals surface area contributed by atoms with Crippen LogP contribution in [0.1, 0.15) is 15.9 Å². The number of benzene rings is 2. The number of carbonyl (C=O) groups excluding carboxylic acids is 1. The number of rotatable bonds is 7. The van der Waals surface area contributed by atoms with Crippen LogP contribution < -0.4 is 9.47 Å². The van der Waals surface area contributed by atoms with Crippen molar-refractivity contribution in [3.63, 3.8) is 0 Å². The van der Waals surface area contributed by atoms with Crippen molar-refractivity contribution < 1.29 is 59.5 Å². The molecule has 12 heteroatoms. The number of aromatic hydroxyl groups is 3. The maximum Gasteiger partial charge on any atom is 0.335 e. The van der Waals surface area contributed by atoms with Crippen LogP contribution in [0.3, 0.4) is 0 Å². The molecule has 1 heterocycles. The molecule has 1 fully saturated rings. The zero-order valence-electron chi connectivity index (χ0n) is 17.6. The largest absolute Gasteiger partial charge is 0.508 e. The van der Waals surface area contributed by atoms with E-state index in [-0.39, 0.29) is 11.5 Å². The van der Waals surface area contributed by atoms with Crippen LogP contribution in [0.5, 0.6) is 28.7 Å². The van der Waals surface area contributed by atoms with Gasteiger partial charge in [0.25, 0.3) is 0 Å². The number of carbonyl (C=O) groups is 2. The molecule has 5 unspecified atom stereocenters. The van der Waals surface area contributed by atoms with E-state index < -0.39 is 65.3 Å². The molecule has 0 aromatic heterocycles. The molecule has 182 valence electrons. The second-order valence-corrected chi connectivity index (χ2v) is 7.32. The van der Waals surface area contributed by atoms with Crippen LogP contribution in [0.4, 0.5) is 0 Å². The molecule has 0 bridgehead atoms. The van der Waals surface area contributed by atoms with Gasteiger partial charge in [-0.05, 0) is 23.8 Å². The summed E-state index contributed by atoms with van der Waals surface area (Å²) in [4.78, 5) is 23.7. The highest BCUT2D eigenvalue weighted by molar-refractivity contribution is 6.10. The zero-order valence-corrected chi connectivity index (χ0v) is 17.6. The Hall–Kier alpha value is -3.84. The molecular formula is C22H22O12. The highest BCUT2D eigenvalue weighted by Gasteiger charge is 2.48. The minimum atomic E-state index is -1.89. The summed E-state index contributed by atoms with van der Waals surface area (Å²) in [5.74, 6) is -3.94. The molecule has 34 heavy (non-hydrogen) atoms. The fourth-order valence-corrected chi connectivity index (χ4v) is 3.27. The lowest BCUT2D eigenvalue weighted by Crippen LogP contribution is -2.61. The lowest BCUT2D eigenvalue weighted by molar-refractivity contribution is -0.271. The van der Waals surface area contributed by atoms with E-state index in [4.69, 9.17) is 19.3 Å². The Morgan fingerprint density at radius 2 is 1.59 bits per heavy atom. The summed E-state index contributed by atoms with van der Waals surface area (Å²) in [6, 6.07) is 6.09. The van der Waals surface area contributed by atoms with Gasteiger partial charge in [-0.1, -0.05) is 12.1 Å². The summed E-state index contributed by atoms with van der Waals surface area (Å²) < 4.78 is 15.8. The Balaban J connectivity index is 1.85. The Bertz CT molecular complexity index is 1090. The van der Waals surface area contributed by atoms with E-state index in [9.17, 15) is 40.2 Å². The first-order chi connectivity index (χ1) is 16.0. The third-order valence-corrected chi connectivity index (χ3v) is 5.00. The molecule has 2 aromatic rings. The number of allylic oxidation sites excluding steroid dienone is 1. The molecule has 7 N–H and O–H groups in total. The molecule has 2 aromatic carbocycles. The summed E-state index contributed by atoms with van der Waals surface area (Å²) in [7, 11) is 1.31. The van der Waals surface area contributed by atoms with Crippen molar-refractivity contribution in [3.05, 3.63) is 47.5 Å². The van der Waals surface area contributed by atoms with Gasteiger partial charge in [-0.2, -0.15) is 0 Å². The predicted octanol–water partition coefficient (Wildman–Crippen LogP) is -0.0209. The first-order valence-electron chi connectivity index (χ1n) is 9.78. The number of hydrogen-bond acceptors (Lipinski definition) is 11. The number of aliphatic hydroxyl groups is 3. The molecule has 1 aliphatic rings. The van der Waals surface area contributed by atoms with Gasteiger partial charge in [0.15, 0.2) is 23.4 Å². The fraction of sp³-hybridized carbons (Fsp3) is 0.273. The van der Waals surface area contributed by atoms with Crippen molar-refractivity contribution in [2.24, 2.45) is 0 Å². The number of carboxylic acids is 1. The Morgan fingerprint density at radius 1 is 0.941 bits per heavy atom. The highest BCUT2D eigenvalue weighted by Crippen LogP contribution is 2.34.